The fourth-order valence-corrected chi connectivity index (χ4v) is 5.00. The van der Waals surface area contributed by atoms with E-state index in [0.717, 1.165) is 12.0 Å². The van der Waals surface area contributed by atoms with Crippen LogP contribution in [0.25, 0.3) is 0 Å². The van der Waals surface area contributed by atoms with Crippen LogP contribution in [0.5, 0.6) is 11.6 Å². The molecule has 0 amide bonds. The number of hydrogen-bond donors (Lipinski definition) is 0. The van der Waals surface area contributed by atoms with Crippen LogP contribution in [0.3, 0.4) is 0 Å². The molecular weight excluding hydrogens is 379 g/mol. The molecule has 0 spiro atoms. The fourth-order valence-electron chi connectivity index (χ4n) is 3.37. The molecule has 0 radical (unpaired) electrons. The monoisotopic (exact) mass is 398 g/mol. The third-order valence-electron chi connectivity index (χ3n) is 4.74. The average Bonchev–Trinajstić information content (AvgIpc) is 3.21. The van der Waals surface area contributed by atoms with E-state index in [0.29, 0.717) is 24.6 Å². The van der Waals surface area contributed by atoms with Crippen molar-refractivity contribution in [2.24, 2.45) is 0 Å². The lowest BCUT2D eigenvalue weighted by Crippen LogP contribution is -2.30. The lowest BCUT2D eigenvalue weighted by Gasteiger charge is -2.24. The summed E-state index contributed by atoms with van der Waals surface area (Å²) in [6, 6.07) is 17.9. The predicted octanol–water partition coefficient (Wildman–Crippen LogP) is 4.54. The van der Waals surface area contributed by atoms with Crippen LogP contribution in [0.2, 0.25) is 0 Å². The van der Waals surface area contributed by atoms with Crippen molar-refractivity contribution in [3.63, 3.8) is 0 Å². The molecular formula is C21H19FN2O3S. The molecule has 2 heterocycles. The van der Waals surface area contributed by atoms with Gasteiger partial charge >= 0.3 is 0 Å². The second-order valence-corrected chi connectivity index (χ2v) is 8.46. The van der Waals surface area contributed by atoms with Crippen LogP contribution in [0, 0.1) is 5.82 Å². The van der Waals surface area contributed by atoms with Crippen LogP contribution < -0.4 is 4.74 Å². The van der Waals surface area contributed by atoms with Gasteiger partial charge in [0.05, 0.1) is 12.2 Å². The van der Waals surface area contributed by atoms with E-state index in [1.165, 1.54) is 28.7 Å². The lowest BCUT2D eigenvalue weighted by atomic mass is 10.1. The van der Waals surface area contributed by atoms with Crippen molar-refractivity contribution in [3.05, 3.63) is 84.3 Å². The molecule has 0 aliphatic carbocycles. The zero-order valence-electron chi connectivity index (χ0n) is 15.0. The number of para-hydroxylation sites is 1. The van der Waals surface area contributed by atoms with Gasteiger partial charge in [0.2, 0.25) is 15.9 Å². The summed E-state index contributed by atoms with van der Waals surface area (Å²) >= 11 is 0. The molecule has 0 bridgehead atoms. The van der Waals surface area contributed by atoms with Gasteiger partial charge in [0.15, 0.2) is 0 Å². The Balaban J connectivity index is 1.56. The van der Waals surface area contributed by atoms with E-state index in [1.54, 1.807) is 30.3 Å². The van der Waals surface area contributed by atoms with E-state index >= 15 is 0 Å². The molecule has 7 heteroatoms. The first-order chi connectivity index (χ1) is 13.5. The van der Waals surface area contributed by atoms with Crippen LogP contribution in [-0.2, 0) is 10.0 Å². The maximum absolute atomic E-state index is 13.2. The number of hydrogen-bond acceptors (Lipinski definition) is 4. The fraction of sp³-hybridized carbons (Fsp3) is 0.190. The van der Waals surface area contributed by atoms with Gasteiger partial charge in [-0.15, -0.1) is 0 Å². The first-order valence-corrected chi connectivity index (χ1v) is 10.4. The van der Waals surface area contributed by atoms with E-state index in [-0.39, 0.29) is 16.8 Å². The minimum absolute atomic E-state index is 0.113. The Bertz CT molecular complexity index is 1040. The molecule has 5 nitrogen and oxygen atoms in total. The second-order valence-electron chi connectivity index (χ2n) is 6.57. The van der Waals surface area contributed by atoms with Gasteiger partial charge in [-0.3, -0.25) is 0 Å². The van der Waals surface area contributed by atoms with Gasteiger partial charge in [0.1, 0.15) is 16.5 Å². The van der Waals surface area contributed by atoms with E-state index < -0.39 is 10.0 Å². The van der Waals surface area contributed by atoms with Crippen LogP contribution in [-0.4, -0.2) is 24.3 Å². The quantitative estimate of drug-likeness (QED) is 0.633. The highest BCUT2D eigenvalue weighted by Gasteiger charge is 2.36. The standard InChI is InChI=1S/C21H19FN2O3S/c22-17-10-8-16(9-11-17)20-7-4-14-24(20)28(25,26)19-12-13-21(23-15-19)27-18-5-2-1-3-6-18/h1-3,5-6,8-13,15,20H,4,7,14H2/t20-/m0/s1. The Kier molecular flexibility index (Phi) is 5.11. The number of nitrogens with zero attached hydrogens (tertiary/aromatic N) is 2. The molecule has 1 atom stereocenters. The maximum atomic E-state index is 13.2. The first-order valence-electron chi connectivity index (χ1n) is 9.00. The van der Waals surface area contributed by atoms with Crippen molar-refractivity contribution in [3.8, 4) is 11.6 Å². The number of benzene rings is 2. The van der Waals surface area contributed by atoms with Crippen molar-refractivity contribution in [2.75, 3.05) is 6.54 Å². The zero-order chi connectivity index (χ0) is 19.6. The van der Waals surface area contributed by atoms with Crippen molar-refractivity contribution >= 4 is 10.0 Å². The molecule has 0 N–H and O–H groups in total. The lowest BCUT2D eigenvalue weighted by molar-refractivity contribution is 0.396. The molecule has 1 fully saturated rings. The Hall–Kier alpha value is -2.77. The van der Waals surface area contributed by atoms with Crippen molar-refractivity contribution < 1.29 is 17.5 Å². The van der Waals surface area contributed by atoms with Gasteiger partial charge in [-0.1, -0.05) is 30.3 Å². The minimum Gasteiger partial charge on any atom is -0.439 e. The number of sulfonamides is 1. The zero-order valence-corrected chi connectivity index (χ0v) is 15.8. The van der Waals surface area contributed by atoms with Gasteiger partial charge in [-0.25, -0.2) is 17.8 Å². The smallest absolute Gasteiger partial charge is 0.245 e. The highest BCUT2D eigenvalue weighted by molar-refractivity contribution is 7.89. The number of halogens is 1. The predicted molar refractivity (Wildman–Crippen MR) is 103 cm³/mol. The molecule has 3 aromatic rings. The van der Waals surface area contributed by atoms with Crippen LogP contribution in [0.15, 0.2) is 77.8 Å². The van der Waals surface area contributed by atoms with E-state index in [1.807, 2.05) is 18.2 Å². The Morgan fingerprint density at radius 2 is 1.75 bits per heavy atom. The van der Waals surface area contributed by atoms with Crippen LogP contribution >= 0.6 is 0 Å². The van der Waals surface area contributed by atoms with Crippen molar-refractivity contribution in [2.45, 2.75) is 23.8 Å². The van der Waals surface area contributed by atoms with Gasteiger partial charge < -0.3 is 4.74 Å². The summed E-state index contributed by atoms with van der Waals surface area (Å²) in [4.78, 5) is 4.26. The summed E-state index contributed by atoms with van der Waals surface area (Å²) in [5.74, 6) is 0.609. The summed E-state index contributed by atoms with van der Waals surface area (Å²) in [6.07, 6.45) is 2.77. The normalized spacial score (nSPS) is 17.5. The van der Waals surface area contributed by atoms with E-state index in [4.69, 9.17) is 4.74 Å². The van der Waals surface area contributed by atoms with Crippen molar-refractivity contribution in [1.29, 1.82) is 0 Å². The summed E-state index contributed by atoms with van der Waals surface area (Å²) in [5, 5.41) is 0. The SMILES string of the molecule is O=S(=O)(c1ccc(Oc2ccccc2)nc1)N1CCC[C@H]1c1ccc(F)cc1. The number of rotatable bonds is 5. The second kappa shape index (κ2) is 7.69. The molecule has 144 valence electrons. The Morgan fingerprint density at radius 3 is 2.43 bits per heavy atom. The molecule has 0 saturated carbocycles. The van der Waals surface area contributed by atoms with Gasteiger partial charge in [0, 0.05) is 12.6 Å². The molecule has 1 aromatic heterocycles. The summed E-state index contributed by atoms with van der Waals surface area (Å²) in [5.41, 5.74) is 0.791. The summed E-state index contributed by atoms with van der Waals surface area (Å²) < 4.78 is 46.5. The highest BCUT2D eigenvalue weighted by Crippen LogP contribution is 2.36. The van der Waals surface area contributed by atoms with E-state index in [2.05, 4.69) is 4.98 Å². The van der Waals surface area contributed by atoms with Crippen LogP contribution in [0.1, 0.15) is 24.4 Å². The van der Waals surface area contributed by atoms with Gasteiger partial charge in [-0.2, -0.15) is 4.31 Å². The topological polar surface area (TPSA) is 59.5 Å². The molecule has 1 saturated heterocycles. The number of aromatic nitrogens is 1. The largest absolute Gasteiger partial charge is 0.439 e. The summed E-state index contributed by atoms with van der Waals surface area (Å²) in [7, 11) is -3.71. The highest BCUT2D eigenvalue weighted by atomic mass is 32.2. The van der Waals surface area contributed by atoms with E-state index in [9.17, 15) is 12.8 Å². The third-order valence-corrected chi connectivity index (χ3v) is 6.63. The Morgan fingerprint density at radius 1 is 1.00 bits per heavy atom. The summed E-state index contributed by atoms with van der Waals surface area (Å²) in [6.45, 7) is 0.423. The van der Waals surface area contributed by atoms with Gasteiger partial charge in [0.25, 0.3) is 0 Å². The average molecular weight is 398 g/mol. The van der Waals surface area contributed by atoms with Crippen molar-refractivity contribution in [1.82, 2.24) is 9.29 Å². The Labute approximate surface area is 163 Å². The minimum atomic E-state index is -3.71. The first kappa shape index (κ1) is 18.6. The third kappa shape index (κ3) is 3.76. The van der Waals surface area contributed by atoms with Gasteiger partial charge in [-0.05, 0) is 48.7 Å². The molecule has 2 aromatic carbocycles. The molecule has 0 unspecified atom stereocenters. The maximum Gasteiger partial charge on any atom is 0.245 e. The van der Waals surface area contributed by atoms with Crippen LogP contribution in [0.4, 0.5) is 4.39 Å². The number of ether oxygens (including phenoxy) is 1. The molecule has 1 aliphatic heterocycles. The molecule has 28 heavy (non-hydrogen) atoms. The number of pyridine rings is 1. The molecule has 4 rings (SSSR count). The molecule has 1 aliphatic rings.